The van der Waals surface area contributed by atoms with Crippen LogP contribution < -0.4 is 0 Å². The highest BCUT2D eigenvalue weighted by Gasteiger charge is 2.38. The van der Waals surface area contributed by atoms with E-state index in [1.807, 2.05) is 4.90 Å². The monoisotopic (exact) mass is 337 g/mol. The summed E-state index contributed by atoms with van der Waals surface area (Å²) in [7, 11) is 0. The Morgan fingerprint density at radius 1 is 1.00 bits per heavy atom. The molecule has 3 aliphatic heterocycles. The SMILES string of the molecule is CC(C)N1CC[C@H](N2CCC(OCCN3CCCCC3)CC2)C1=O. The lowest BCUT2D eigenvalue weighted by atomic mass is 10.0. The van der Waals surface area contributed by atoms with Crippen molar-refractivity contribution in [3.8, 4) is 0 Å². The van der Waals surface area contributed by atoms with Crippen LogP contribution in [0.1, 0.15) is 52.4 Å². The van der Waals surface area contributed by atoms with Crippen LogP contribution in [0.3, 0.4) is 0 Å². The van der Waals surface area contributed by atoms with Crippen LogP contribution in [0.2, 0.25) is 0 Å². The number of amides is 1. The Bertz CT molecular complexity index is 401. The Balaban J connectivity index is 1.34. The number of ether oxygens (including phenoxy) is 1. The lowest BCUT2D eigenvalue weighted by Crippen LogP contribution is -2.48. The van der Waals surface area contributed by atoms with Crippen molar-refractivity contribution in [1.82, 2.24) is 14.7 Å². The van der Waals surface area contributed by atoms with Gasteiger partial charge in [0.15, 0.2) is 0 Å². The van der Waals surface area contributed by atoms with Crippen LogP contribution in [0.15, 0.2) is 0 Å². The van der Waals surface area contributed by atoms with Crippen molar-refractivity contribution in [2.24, 2.45) is 0 Å². The van der Waals surface area contributed by atoms with E-state index >= 15 is 0 Å². The molecule has 0 aliphatic carbocycles. The second-order valence-corrected chi connectivity index (χ2v) is 7.94. The highest BCUT2D eigenvalue weighted by atomic mass is 16.5. The molecule has 3 saturated heterocycles. The fraction of sp³-hybridized carbons (Fsp3) is 0.947. The summed E-state index contributed by atoms with van der Waals surface area (Å²) in [4.78, 5) is 19.5. The number of hydrogen-bond acceptors (Lipinski definition) is 4. The van der Waals surface area contributed by atoms with Gasteiger partial charge in [-0.25, -0.2) is 0 Å². The van der Waals surface area contributed by atoms with Gasteiger partial charge in [-0.3, -0.25) is 9.69 Å². The highest BCUT2D eigenvalue weighted by Crippen LogP contribution is 2.24. The van der Waals surface area contributed by atoms with Crippen molar-refractivity contribution in [2.45, 2.75) is 70.6 Å². The zero-order valence-corrected chi connectivity index (χ0v) is 15.6. The van der Waals surface area contributed by atoms with Crippen molar-refractivity contribution in [3.63, 3.8) is 0 Å². The van der Waals surface area contributed by atoms with Crippen molar-refractivity contribution in [1.29, 1.82) is 0 Å². The average Bonchev–Trinajstić information content (AvgIpc) is 2.98. The van der Waals surface area contributed by atoms with Crippen LogP contribution in [0.5, 0.6) is 0 Å². The Morgan fingerprint density at radius 3 is 2.33 bits per heavy atom. The van der Waals surface area contributed by atoms with Gasteiger partial charge in [0, 0.05) is 32.2 Å². The van der Waals surface area contributed by atoms with Crippen molar-refractivity contribution in [3.05, 3.63) is 0 Å². The molecule has 3 aliphatic rings. The molecular formula is C19H35N3O2. The zero-order chi connectivity index (χ0) is 16.9. The molecule has 0 aromatic heterocycles. The van der Waals surface area contributed by atoms with Crippen LogP contribution >= 0.6 is 0 Å². The van der Waals surface area contributed by atoms with E-state index in [1.165, 1.54) is 32.4 Å². The molecular weight excluding hydrogens is 302 g/mol. The molecule has 138 valence electrons. The zero-order valence-electron chi connectivity index (χ0n) is 15.6. The smallest absolute Gasteiger partial charge is 0.240 e. The molecule has 0 radical (unpaired) electrons. The lowest BCUT2D eigenvalue weighted by molar-refractivity contribution is -0.134. The van der Waals surface area contributed by atoms with E-state index < -0.39 is 0 Å². The molecule has 0 saturated carbocycles. The predicted octanol–water partition coefficient (Wildman–Crippen LogP) is 1.96. The molecule has 0 aromatic rings. The number of carbonyl (C=O) groups is 1. The molecule has 24 heavy (non-hydrogen) atoms. The first-order chi connectivity index (χ1) is 11.6. The van der Waals surface area contributed by atoms with Crippen LogP contribution in [-0.4, -0.2) is 84.7 Å². The molecule has 5 heteroatoms. The number of hydrogen-bond donors (Lipinski definition) is 0. The molecule has 3 heterocycles. The van der Waals surface area contributed by atoms with Crippen LogP contribution in [0.25, 0.3) is 0 Å². The Kier molecular flexibility index (Phi) is 6.53. The van der Waals surface area contributed by atoms with E-state index in [4.69, 9.17) is 4.74 Å². The summed E-state index contributed by atoms with van der Waals surface area (Å²) in [6.45, 7) is 11.6. The standard InChI is InChI=1S/C19H35N3O2/c1-16(2)22-13-8-18(19(22)23)21-11-6-17(7-12-21)24-15-14-20-9-4-3-5-10-20/h16-18H,3-15H2,1-2H3/t18-/m0/s1. The van der Waals surface area contributed by atoms with Crippen LogP contribution in [0.4, 0.5) is 0 Å². The Morgan fingerprint density at radius 2 is 1.71 bits per heavy atom. The molecule has 5 nitrogen and oxygen atoms in total. The van der Waals surface area contributed by atoms with Crippen LogP contribution in [0, 0.1) is 0 Å². The van der Waals surface area contributed by atoms with Gasteiger partial charge < -0.3 is 14.5 Å². The fourth-order valence-corrected chi connectivity index (χ4v) is 4.42. The quantitative estimate of drug-likeness (QED) is 0.742. The number of likely N-dealkylation sites (tertiary alicyclic amines) is 3. The molecule has 1 amide bonds. The van der Waals surface area contributed by atoms with Crippen LogP contribution in [-0.2, 0) is 9.53 Å². The highest BCUT2D eigenvalue weighted by molar-refractivity contribution is 5.84. The normalized spacial score (nSPS) is 28.2. The summed E-state index contributed by atoms with van der Waals surface area (Å²) in [6.07, 6.45) is 7.63. The van der Waals surface area contributed by atoms with E-state index in [2.05, 4.69) is 23.6 Å². The van der Waals surface area contributed by atoms with Gasteiger partial charge in [0.05, 0.1) is 18.8 Å². The topological polar surface area (TPSA) is 36.0 Å². The largest absolute Gasteiger partial charge is 0.377 e. The van der Waals surface area contributed by atoms with Gasteiger partial charge in [0.25, 0.3) is 0 Å². The van der Waals surface area contributed by atoms with E-state index in [0.29, 0.717) is 18.1 Å². The van der Waals surface area contributed by atoms with Gasteiger partial charge in [-0.05, 0) is 59.0 Å². The minimum absolute atomic E-state index is 0.127. The third-order valence-electron chi connectivity index (χ3n) is 5.96. The summed E-state index contributed by atoms with van der Waals surface area (Å²) in [5, 5.41) is 0. The third-order valence-corrected chi connectivity index (χ3v) is 5.96. The molecule has 3 rings (SSSR count). The maximum atomic E-state index is 12.5. The van der Waals surface area contributed by atoms with E-state index in [1.54, 1.807) is 0 Å². The molecule has 0 unspecified atom stereocenters. The second kappa shape index (κ2) is 8.63. The van der Waals surface area contributed by atoms with Crippen molar-refractivity contribution in [2.75, 3.05) is 45.9 Å². The van der Waals surface area contributed by atoms with Gasteiger partial charge in [-0.2, -0.15) is 0 Å². The van der Waals surface area contributed by atoms with Gasteiger partial charge in [0.1, 0.15) is 0 Å². The molecule has 0 aromatic carbocycles. The van der Waals surface area contributed by atoms with Gasteiger partial charge in [0.2, 0.25) is 5.91 Å². The van der Waals surface area contributed by atoms with Gasteiger partial charge in [-0.15, -0.1) is 0 Å². The average molecular weight is 338 g/mol. The molecule has 0 bridgehead atoms. The summed E-state index contributed by atoms with van der Waals surface area (Å²) in [5.74, 6) is 0.342. The molecule has 3 fully saturated rings. The first-order valence-corrected chi connectivity index (χ1v) is 10.0. The first kappa shape index (κ1) is 18.2. The lowest BCUT2D eigenvalue weighted by Gasteiger charge is -2.35. The molecule has 0 N–H and O–H groups in total. The molecule has 0 spiro atoms. The van der Waals surface area contributed by atoms with E-state index in [0.717, 1.165) is 52.0 Å². The van der Waals surface area contributed by atoms with E-state index in [-0.39, 0.29) is 6.04 Å². The predicted molar refractivity (Wildman–Crippen MR) is 96.1 cm³/mol. The van der Waals surface area contributed by atoms with Gasteiger partial charge in [-0.1, -0.05) is 6.42 Å². The number of rotatable bonds is 6. The van der Waals surface area contributed by atoms with E-state index in [9.17, 15) is 4.79 Å². The Hall–Kier alpha value is -0.650. The number of nitrogens with zero attached hydrogens (tertiary/aromatic N) is 3. The van der Waals surface area contributed by atoms with Crippen molar-refractivity contribution >= 4 is 5.91 Å². The van der Waals surface area contributed by atoms with Crippen molar-refractivity contribution < 1.29 is 9.53 Å². The summed E-state index contributed by atoms with van der Waals surface area (Å²) >= 11 is 0. The minimum atomic E-state index is 0.127. The minimum Gasteiger partial charge on any atom is -0.377 e. The summed E-state index contributed by atoms with van der Waals surface area (Å²) in [5.41, 5.74) is 0. The maximum absolute atomic E-state index is 12.5. The molecule has 1 atom stereocenters. The Labute approximate surface area is 147 Å². The third kappa shape index (κ3) is 4.50. The summed E-state index contributed by atoms with van der Waals surface area (Å²) < 4.78 is 6.12. The number of piperidine rings is 2. The first-order valence-electron chi connectivity index (χ1n) is 10.0. The van der Waals surface area contributed by atoms with Gasteiger partial charge >= 0.3 is 0 Å². The fourth-order valence-electron chi connectivity index (χ4n) is 4.42. The summed E-state index contributed by atoms with van der Waals surface area (Å²) in [6, 6.07) is 0.458. The maximum Gasteiger partial charge on any atom is 0.240 e. The number of carbonyl (C=O) groups excluding carboxylic acids is 1. The second-order valence-electron chi connectivity index (χ2n) is 7.94.